The van der Waals surface area contributed by atoms with Crippen molar-refractivity contribution < 1.29 is 4.74 Å². The van der Waals surface area contributed by atoms with Gasteiger partial charge in [-0.3, -0.25) is 0 Å². The van der Waals surface area contributed by atoms with Crippen LogP contribution in [0.2, 0.25) is 0 Å². The number of nitrogens with zero attached hydrogens (tertiary/aromatic N) is 5. The van der Waals surface area contributed by atoms with E-state index in [-0.39, 0.29) is 0 Å². The van der Waals surface area contributed by atoms with Crippen LogP contribution in [-0.2, 0) is 0 Å². The Bertz CT molecular complexity index is 1000. The highest BCUT2D eigenvalue weighted by Crippen LogP contribution is 2.17. The number of hydrogen-bond acceptors (Lipinski definition) is 6. The molecule has 0 spiro atoms. The highest BCUT2D eigenvalue weighted by atomic mass is 16.5. The summed E-state index contributed by atoms with van der Waals surface area (Å²) >= 11 is 0. The predicted octanol–water partition coefficient (Wildman–Crippen LogP) is 3.21. The van der Waals surface area contributed by atoms with Gasteiger partial charge < -0.3 is 14.5 Å². The summed E-state index contributed by atoms with van der Waals surface area (Å²) in [5.74, 6) is 6.74. The van der Waals surface area contributed by atoms with E-state index in [1.807, 2.05) is 50.5 Å². The summed E-state index contributed by atoms with van der Waals surface area (Å²) in [6, 6.07) is 11.8. The summed E-state index contributed by atoms with van der Waals surface area (Å²) in [6.45, 7) is 7.63. The van der Waals surface area contributed by atoms with E-state index in [0.717, 1.165) is 30.9 Å². The van der Waals surface area contributed by atoms with E-state index < -0.39 is 0 Å². The van der Waals surface area contributed by atoms with Crippen LogP contribution < -0.4 is 9.64 Å². The van der Waals surface area contributed by atoms with Crippen molar-refractivity contribution in [1.82, 2.24) is 19.9 Å². The topological polar surface area (TPSA) is 54.4 Å². The van der Waals surface area contributed by atoms with Gasteiger partial charge in [-0.25, -0.2) is 15.0 Å². The van der Waals surface area contributed by atoms with Gasteiger partial charge in [0.2, 0.25) is 5.88 Å². The lowest BCUT2D eigenvalue weighted by Gasteiger charge is -2.17. The molecule has 3 rings (SSSR count). The summed E-state index contributed by atoms with van der Waals surface area (Å²) < 4.78 is 5.97. The van der Waals surface area contributed by atoms with Crippen LogP contribution >= 0.6 is 0 Å². The van der Waals surface area contributed by atoms with E-state index in [4.69, 9.17) is 4.74 Å². The Morgan fingerprint density at radius 1 is 0.966 bits per heavy atom. The average molecular weight is 390 g/mol. The van der Waals surface area contributed by atoms with Crippen LogP contribution in [0.1, 0.15) is 25.1 Å². The first kappa shape index (κ1) is 20.6. The second-order valence-corrected chi connectivity index (χ2v) is 6.79. The minimum atomic E-state index is 0.454. The summed E-state index contributed by atoms with van der Waals surface area (Å²) in [7, 11) is 4.03. The second-order valence-electron chi connectivity index (χ2n) is 6.79. The third-order valence-corrected chi connectivity index (χ3v) is 4.66. The Morgan fingerprint density at radius 3 is 2.41 bits per heavy atom. The maximum atomic E-state index is 5.97. The first-order chi connectivity index (χ1) is 14.1. The number of benzene rings is 1. The van der Waals surface area contributed by atoms with Crippen LogP contribution in [0.5, 0.6) is 5.88 Å². The zero-order valence-corrected chi connectivity index (χ0v) is 17.5. The summed E-state index contributed by atoms with van der Waals surface area (Å²) in [4.78, 5) is 17.8. The molecular formula is C23H27N5O. The second kappa shape index (κ2) is 9.85. The van der Waals surface area contributed by atoms with Crippen molar-refractivity contribution >= 4 is 16.9 Å². The first-order valence-corrected chi connectivity index (χ1v) is 9.88. The maximum absolute atomic E-state index is 5.97. The van der Waals surface area contributed by atoms with Crippen LogP contribution in [-0.4, -0.2) is 60.2 Å². The quantitative estimate of drug-likeness (QED) is 0.579. The summed E-state index contributed by atoms with van der Waals surface area (Å²) in [5, 5.41) is 0. The molecule has 0 aliphatic carbocycles. The molecule has 29 heavy (non-hydrogen) atoms. The predicted molar refractivity (Wildman–Crippen MR) is 117 cm³/mol. The fourth-order valence-electron chi connectivity index (χ4n) is 2.85. The van der Waals surface area contributed by atoms with Crippen LogP contribution in [0, 0.1) is 11.8 Å². The van der Waals surface area contributed by atoms with Crippen LogP contribution in [0.15, 0.2) is 42.6 Å². The molecule has 6 heteroatoms. The van der Waals surface area contributed by atoms with Gasteiger partial charge in [0, 0.05) is 38.1 Å². The maximum Gasteiger partial charge on any atom is 0.249 e. The molecule has 2 heterocycles. The Morgan fingerprint density at radius 2 is 1.72 bits per heavy atom. The molecular weight excluding hydrogens is 362 g/mol. The molecule has 0 radical (unpaired) electrons. The summed E-state index contributed by atoms with van der Waals surface area (Å²) in [5.41, 5.74) is 3.81. The molecule has 0 fully saturated rings. The first-order valence-electron chi connectivity index (χ1n) is 9.88. The number of anilines is 1. The number of pyridine rings is 1. The van der Waals surface area contributed by atoms with Gasteiger partial charge in [-0.2, -0.15) is 0 Å². The van der Waals surface area contributed by atoms with E-state index in [1.165, 1.54) is 0 Å². The van der Waals surface area contributed by atoms with Crippen molar-refractivity contribution in [3.63, 3.8) is 0 Å². The van der Waals surface area contributed by atoms with Crippen LogP contribution in [0.3, 0.4) is 0 Å². The minimum absolute atomic E-state index is 0.454. The molecule has 6 nitrogen and oxygen atoms in total. The molecule has 2 aromatic heterocycles. The highest BCUT2D eigenvalue weighted by Gasteiger charge is 2.10. The molecule has 150 valence electrons. The average Bonchev–Trinajstić information content (AvgIpc) is 2.75. The lowest BCUT2D eigenvalue weighted by molar-refractivity contribution is 0.217. The molecule has 1 aromatic carbocycles. The number of aromatic nitrogens is 3. The summed E-state index contributed by atoms with van der Waals surface area (Å²) in [6.07, 6.45) is 1.70. The molecule has 0 amide bonds. The molecule has 0 atom stereocenters. The molecule has 0 saturated carbocycles. The van der Waals surface area contributed by atoms with E-state index >= 15 is 0 Å². The van der Waals surface area contributed by atoms with Crippen molar-refractivity contribution in [2.75, 3.05) is 45.2 Å². The number of hydrogen-bond donors (Lipinski definition) is 0. The van der Waals surface area contributed by atoms with E-state index in [2.05, 4.69) is 50.4 Å². The fourth-order valence-corrected chi connectivity index (χ4v) is 2.85. The smallest absolute Gasteiger partial charge is 0.249 e. The van der Waals surface area contributed by atoms with Gasteiger partial charge in [-0.05, 0) is 55.4 Å². The lowest BCUT2D eigenvalue weighted by atomic mass is 10.2. The Balaban J connectivity index is 1.87. The molecule has 0 N–H and O–H groups in total. The lowest BCUT2D eigenvalue weighted by Crippen LogP contribution is -2.28. The normalized spacial score (nSPS) is 10.7. The van der Waals surface area contributed by atoms with E-state index in [1.54, 1.807) is 6.20 Å². The van der Waals surface area contributed by atoms with Crippen molar-refractivity contribution in [3.8, 4) is 17.7 Å². The van der Waals surface area contributed by atoms with Gasteiger partial charge in [0.05, 0.1) is 0 Å². The number of rotatable bonds is 7. The SMILES string of the molecule is CCN(CC)CCOc1nc2cccnc2nc1C#Cc1ccc(N(C)C)cc1. The van der Waals surface area contributed by atoms with Crippen LogP contribution in [0.25, 0.3) is 11.2 Å². The minimum Gasteiger partial charge on any atom is -0.474 e. The Hall–Kier alpha value is -3.17. The number of likely N-dealkylation sites (N-methyl/N-ethyl adjacent to an activating group) is 1. The van der Waals surface area contributed by atoms with Gasteiger partial charge in [0.1, 0.15) is 12.1 Å². The van der Waals surface area contributed by atoms with Gasteiger partial charge >= 0.3 is 0 Å². The van der Waals surface area contributed by atoms with Crippen molar-refractivity contribution in [2.45, 2.75) is 13.8 Å². The molecule has 0 saturated heterocycles. The van der Waals surface area contributed by atoms with Gasteiger partial charge in [0.25, 0.3) is 0 Å². The van der Waals surface area contributed by atoms with Gasteiger partial charge in [-0.15, -0.1) is 0 Å². The molecule has 0 unspecified atom stereocenters. The van der Waals surface area contributed by atoms with Crippen molar-refractivity contribution in [3.05, 3.63) is 53.9 Å². The van der Waals surface area contributed by atoms with Crippen molar-refractivity contribution in [1.29, 1.82) is 0 Å². The zero-order chi connectivity index (χ0) is 20.6. The van der Waals surface area contributed by atoms with Crippen LogP contribution in [0.4, 0.5) is 5.69 Å². The largest absolute Gasteiger partial charge is 0.474 e. The van der Waals surface area contributed by atoms with Gasteiger partial charge in [0.15, 0.2) is 11.3 Å². The van der Waals surface area contributed by atoms with Gasteiger partial charge in [-0.1, -0.05) is 19.8 Å². The van der Waals surface area contributed by atoms with E-state index in [0.29, 0.717) is 29.3 Å². The molecule has 3 aromatic rings. The molecule has 0 aliphatic heterocycles. The van der Waals surface area contributed by atoms with Crippen molar-refractivity contribution in [2.24, 2.45) is 0 Å². The zero-order valence-electron chi connectivity index (χ0n) is 17.5. The fraction of sp³-hybridized carbons (Fsp3) is 0.348. The third kappa shape index (κ3) is 5.43. The Kier molecular flexibility index (Phi) is 6.99. The Labute approximate surface area is 172 Å². The standard InChI is InChI=1S/C23H27N5O/c1-5-28(6-2)16-17-29-23-21(25-22-20(26-23)8-7-15-24-22)14-11-18-9-12-19(13-10-18)27(3)4/h7-10,12-13,15H,5-6,16-17H2,1-4H3. The molecule has 0 bridgehead atoms. The van der Waals surface area contributed by atoms with E-state index in [9.17, 15) is 0 Å². The third-order valence-electron chi connectivity index (χ3n) is 4.66. The number of fused-ring (bicyclic) bond motifs is 1. The number of ether oxygens (including phenoxy) is 1. The molecule has 0 aliphatic rings. The monoisotopic (exact) mass is 389 g/mol. The highest BCUT2D eigenvalue weighted by molar-refractivity contribution is 5.71.